The summed E-state index contributed by atoms with van der Waals surface area (Å²) in [6.07, 6.45) is 9.88. The molecule has 1 saturated heterocycles. The number of rotatable bonds is 15. The van der Waals surface area contributed by atoms with Gasteiger partial charge in [0, 0.05) is 24.7 Å². The highest BCUT2D eigenvalue weighted by Crippen LogP contribution is 2.40. The quantitative estimate of drug-likeness (QED) is 0.149. The fraction of sp³-hybridized carbons (Fsp3) is 0.605. The van der Waals surface area contributed by atoms with E-state index in [2.05, 4.69) is 32.8 Å². The van der Waals surface area contributed by atoms with Gasteiger partial charge in [-0.05, 0) is 66.4 Å². The molecular formula is C43H60N6O6. The number of fused-ring (bicyclic) bond motifs is 1. The summed E-state index contributed by atoms with van der Waals surface area (Å²) in [5.74, 6) is -2.90. The van der Waals surface area contributed by atoms with Crippen molar-refractivity contribution in [3.8, 4) is 0 Å². The molecule has 298 valence electrons. The molecule has 1 aliphatic heterocycles. The van der Waals surface area contributed by atoms with Crippen LogP contribution in [0, 0.1) is 28.6 Å². The molecule has 12 nitrogen and oxygen atoms in total. The van der Waals surface area contributed by atoms with Crippen LogP contribution in [-0.4, -0.2) is 82.5 Å². The second kappa shape index (κ2) is 17.5. The van der Waals surface area contributed by atoms with Crippen molar-refractivity contribution in [3.05, 3.63) is 54.7 Å². The number of aromatic nitrogens is 1. The molecule has 1 aromatic carbocycles. The van der Waals surface area contributed by atoms with E-state index in [1.807, 2.05) is 65.8 Å². The van der Waals surface area contributed by atoms with Gasteiger partial charge in [0.15, 0.2) is 0 Å². The van der Waals surface area contributed by atoms with Crippen LogP contribution in [0.25, 0.3) is 10.9 Å². The third-order valence-electron chi connectivity index (χ3n) is 11.9. The summed E-state index contributed by atoms with van der Waals surface area (Å²) >= 11 is 0. The number of amides is 5. The number of Topliss-reactive ketones (excluding diaryl/α,β-unsaturated/α-hetero) is 1. The summed E-state index contributed by atoms with van der Waals surface area (Å²) in [4.78, 5) is 89.2. The van der Waals surface area contributed by atoms with Gasteiger partial charge in [-0.2, -0.15) is 0 Å². The smallest absolute Gasteiger partial charge is 0.289 e. The van der Waals surface area contributed by atoms with Gasteiger partial charge in [-0.15, -0.1) is 6.58 Å². The highest BCUT2D eigenvalue weighted by molar-refractivity contribution is 6.38. The number of hydrogen-bond acceptors (Lipinski definition) is 7. The number of carbonyl (C=O) groups excluding carboxylic acids is 6. The molecule has 3 aliphatic rings. The van der Waals surface area contributed by atoms with Crippen molar-refractivity contribution in [1.82, 2.24) is 31.2 Å². The summed E-state index contributed by atoms with van der Waals surface area (Å²) in [6.45, 7) is 15.7. The molecule has 0 bridgehead atoms. The van der Waals surface area contributed by atoms with Crippen molar-refractivity contribution in [3.63, 3.8) is 0 Å². The number of likely N-dealkylation sites (tertiary alicyclic amines) is 1. The predicted molar refractivity (Wildman–Crippen MR) is 212 cm³/mol. The summed E-state index contributed by atoms with van der Waals surface area (Å²) in [5, 5.41) is 12.3. The van der Waals surface area contributed by atoms with Crippen LogP contribution in [0.2, 0.25) is 0 Å². The van der Waals surface area contributed by atoms with E-state index >= 15 is 0 Å². The Morgan fingerprint density at radius 3 is 2.33 bits per heavy atom. The van der Waals surface area contributed by atoms with E-state index in [4.69, 9.17) is 0 Å². The molecule has 0 spiro atoms. The zero-order valence-corrected chi connectivity index (χ0v) is 33.4. The van der Waals surface area contributed by atoms with Gasteiger partial charge in [-0.25, -0.2) is 0 Å². The molecule has 2 heterocycles. The molecule has 3 fully saturated rings. The lowest BCUT2D eigenvalue weighted by Gasteiger charge is -2.42. The second-order valence-electron chi connectivity index (χ2n) is 17.7. The molecule has 5 atom stereocenters. The zero-order valence-electron chi connectivity index (χ0n) is 33.4. The van der Waals surface area contributed by atoms with E-state index in [1.165, 1.54) is 12.3 Å². The summed E-state index contributed by atoms with van der Waals surface area (Å²) in [5.41, 5.74) is -0.247. The Balaban J connectivity index is 1.39. The fourth-order valence-corrected chi connectivity index (χ4v) is 8.09. The minimum atomic E-state index is -1.04. The Kier molecular flexibility index (Phi) is 13.2. The first-order chi connectivity index (χ1) is 26.0. The molecule has 5 rings (SSSR count). The molecule has 0 radical (unpaired) electrons. The van der Waals surface area contributed by atoms with Crippen molar-refractivity contribution in [2.24, 2.45) is 28.6 Å². The molecule has 2 unspecified atom stereocenters. The maximum absolute atomic E-state index is 14.8. The predicted octanol–water partition coefficient (Wildman–Crippen LogP) is 4.86. The first kappa shape index (κ1) is 41.6. The van der Waals surface area contributed by atoms with Crippen LogP contribution in [0.3, 0.4) is 0 Å². The van der Waals surface area contributed by atoms with Crippen LogP contribution in [0.1, 0.15) is 110 Å². The number of pyridine rings is 1. The van der Waals surface area contributed by atoms with Crippen LogP contribution in [0.5, 0.6) is 0 Å². The van der Waals surface area contributed by atoms with Crippen LogP contribution < -0.4 is 21.3 Å². The number of para-hydroxylation sites is 1. The van der Waals surface area contributed by atoms with Gasteiger partial charge in [-0.3, -0.25) is 33.8 Å². The van der Waals surface area contributed by atoms with Crippen LogP contribution in [0.4, 0.5) is 0 Å². The molecule has 5 amide bonds. The van der Waals surface area contributed by atoms with Crippen molar-refractivity contribution in [2.45, 2.75) is 123 Å². The average molecular weight is 757 g/mol. The minimum absolute atomic E-state index is 0.00626. The Hall–Kier alpha value is -4.61. The highest BCUT2D eigenvalue weighted by atomic mass is 16.2. The van der Waals surface area contributed by atoms with Crippen molar-refractivity contribution in [1.29, 1.82) is 0 Å². The third-order valence-corrected chi connectivity index (χ3v) is 11.9. The van der Waals surface area contributed by atoms with Crippen LogP contribution in [-0.2, 0) is 24.0 Å². The molecule has 4 N–H and O–H groups in total. The maximum Gasteiger partial charge on any atom is 0.289 e. The van der Waals surface area contributed by atoms with Gasteiger partial charge in [0.05, 0.1) is 17.1 Å². The number of hydrogen-bond donors (Lipinski definition) is 4. The monoisotopic (exact) mass is 756 g/mol. The van der Waals surface area contributed by atoms with E-state index in [1.54, 1.807) is 11.0 Å². The molecule has 12 heteroatoms. The topological polar surface area (TPSA) is 167 Å². The van der Waals surface area contributed by atoms with E-state index in [9.17, 15) is 28.8 Å². The minimum Gasteiger partial charge on any atom is -0.346 e. The molecule has 2 aliphatic carbocycles. The van der Waals surface area contributed by atoms with E-state index < -0.39 is 70.3 Å². The Labute approximate surface area is 325 Å². The van der Waals surface area contributed by atoms with Gasteiger partial charge in [0.1, 0.15) is 18.1 Å². The normalized spacial score (nSPS) is 21.3. The van der Waals surface area contributed by atoms with Crippen molar-refractivity contribution in [2.75, 3.05) is 13.1 Å². The number of nitrogens with one attached hydrogen (secondary N) is 4. The van der Waals surface area contributed by atoms with Gasteiger partial charge >= 0.3 is 0 Å². The number of benzene rings is 1. The summed E-state index contributed by atoms with van der Waals surface area (Å²) in [7, 11) is 0. The molecule has 2 aromatic rings. The Morgan fingerprint density at radius 2 is 1.69 bits per heavy atom. The molecular weight excluding hydrogens is 697 g/mol. The summed E-state index contributed by atoms with van der Waals surface area (Å²) < 4.78 is 0. The van der Waals surface area contributed by atoms with Crippen LogP contribution in [0.15, 0.2) is 49.2 Å². The van der Waals surface area contributed by atoms with E-state index in [0.717, 1.165) is 55.8 Å². The Morgan fingerprint density at radius 1 is 1.00 bits per heavy atom. The molecule has 2 saturated carbocycles. The lowest BCUT2D eigenvalue weighted by Crippen LogP contribution is -2.63. The van der Waals surface area contributed by atoms with E-state index in [-0.39, 0.29) is 24.3 Å². The van der Waals surface area contributed by atoms with Crippen LogP contribution >= 0.6 is 0 Å². The largest absolute Gasteiger partial charge is 0.346 e. The number of carbonyl (C=O) groups is 6. The SMILES string of the molecule is C=CCNC(=O)C(=O)C(CC1CC1)NC(=O)C1C[C@@H](C(C)C)CN1C(=O)[C@@H](NC(=O)[C@@H](NC(=O)c1cnc2ccccc2c1)C1(C)CCCCC1)C(C)(C)C. The zero-order chi connectivity index (χ0) is 40.1. The van der Waals surface area contributed by atoms with Gasteiger partial charge in [0.2, 0.25) is 23.5 Å². The van der Waals surface area contributed by atoms with E-state index in [0.29, 0.717) is 24.9 Å². The third kappa shape index (κ3) is 10.2. The second-order valence-corrected chi connectivity index (χ2v) is 17.7. The van der Waals surface area contributed by atoms with Gasteiger partial charge < -0.3 is 26.2 Å². The Bertz CT molecular complexity index is 1770. The average Bonchev–Trinajstić information content (AvgIpc) is 3.86. The number of ketones is 1. The maximum atomic E-state index is 14.8. The van der Waals surface area contributed by atoms with Gasteiger partial charge in [-0.1, -0.05) is 97.9 Å². The standard InChI is InChI=1S/C43H60N6O6/c1-8-20-44-39(53)34(50)32(21-27-16-17-27)46-38(52)33-23-30(26(2)3)25-49(33)41(55)36(42(4,5)6)48-40(54)35(43(7)18-12-9-13-19-43)47-37(51)29-22-28-14-10-11-15-31(28)45-24-29/h8,10-11,14-15,22,24,26-27,30,32-33,35-36H,1,9,12-13,16-21,23,25H2,2-7H3,(H,44,53)(H,46,52)(H,47,51)(H,48,54)/t30-,32?,33?,35-,36-/m1/s1. The molecule has 1 aromatic heterocycles. The first-order valence-corrected chi connectivity index (χ1v) is 20.0. The highest BCUT2D eigenvalue weighted by Gasteiger charge is 2.48. The molecule has 55 heavy (non-hydrogen) atoms. The lowest BCUT2D eigenvalue weighted by atomic mass is 9.70. The number of nitrogens with zero attached hydrogens (tertiary/aromatic N) is 2. The first-order valence-electron chi connectivity index (χ1n) is 20.0. The van der Waals surface area contributed by atoms with Gasteiger partial charge in [0.25, 0.3) is 11.8 Å². The summed E-state index contributed by atoms with van der Waals surface area (Å²) in [6, 6.07) is 5.37. The lowest BCUT2D eigenvalue weighted by molar-refractivity contribution is -0.145. The van der Waals surface area contributed by atoms with Crippen molar-refractivity contribution < 1.29 is 28.8 Å². The fourth-order valence-electron chi connectivity index (χ4n) is 8.09. The van der Waals surface area contributed by atoms with Crippen molar-refractivity contribution >= 4 is 46.2 Å².